The van der Waals surface area contributed by atoms with Gasteiger partial charge in [-0.2, -0.15) is 10.5 Å². The van der Waals surface area contributed by atoms with E-state index in [1.54, 1.807) is 24.3 Å². The monoisotopic (exact) mass is 588 g/mol. The van der Waals surface area contributed by atoms with Crippen molar-refractivity contribution in [2.45, 2.75) is 16.3 Å². The summed E-state index contributed by atoms with van der Waals surface area (Å²) in [7, 11) is -7.93. The van der Waals surface area contributed by atoms with Crippen molar-refractivity contribution >= 4 is 31.7 Å². The number of nitrogens with zero attached hydrogens (tertiary/aromatic N) is 2. The Morgan fingerprint density at radius 2 is 1.24 bits per heavy atom. The Morgan fingerprint density at radius 1 is 0.732 bits per heavy atom. The van der Waals surface area contributed by atoms with Gasteiger partial charge in [-0.25, -0.2) is 26.4 Å². The van der Waals surface area contributed by atoms with Gasteiger partial charge in [0.2, 0.25) is 10.0 Å². The first-order valence-corrected chi connectivity index (χ1v) is 14.6. The molecule has 41 heavy (non-hydrogen) atoms. The second kappa shape index (κ2) is 11.9. The SMILES string of the molecule is N#Cc1ccc(S(=O)(=O)NCc2ccc(Oc3ccc(NS(=O)(=O)c4ccc(C#N)cc4)c(C(=O)O)c3)cc2)cc1. The molecule has 0 amide bonds. The maximum Gasteiger partial charge on any atom is 0.337 e. The summed E-state index contributed by atoms with van der Waals surface area (Å²) in [5.41, 5.74) is 0.698. The first kappa shape index (κ1) is 28.8. The zero-order chi connectivity index (χ0) is 29.6. The van der Waals surface area contributed by atoms with Crippen molar-refractivity contribution in [2.75, 3.05) is 4.72 Å². The number of aromatic carboxylic acids is 1. The van der Waals surface area contributed by atoms with E-state index in [4.69, 9.17) is 15.3 Å². The highest BCUT2D eigenvalue weighted by Crippen LogP contribution is 2.28. The molecule has 0 aliphatic rings. The van der Waals surface area contributed by atoms with E-state index in [1.807, 2.05) is 12.1 Å². The van der Waals surface area contributed by atoms with E-state index in [1.165, 1.54) is 66.7 Å². The van der Waals surface area contributed by atoms with Crippen LogP contribution in [0.25, 0.3) is 0 Å². The molecule has 0 radical (unpaired) electrons. The lowest BCUT2D eigenvalue weighted by Crippen LogP contribution is -2.23. The van der Waals surface area contributed by atoms with Gasteiger partial charge < -0.3 is 9.84 Å². The van der Waals surface area contributed by atoms with Crippen LogP contribution >= 0.6 is 0 Å². The normalized spacial score (nSPS) is 11.2. The summed E-state index contributed by atoms with van der Waals surface area (Å²) in [5, 5.41) is 27.4. The maximum atomic E-state index is 12.7. The molecule has 0 spiro atoms. The van der Waals surface area contributed by atoms with Crippen LogP contribution in [-0.4, -0.2) is 27.9 Å². The summed E-state index contributed by atoms with van der Waals surface area (Å²) in [6.45, 7) is -0.0140. The number of hydrogen-bond acceptors (Lipinski definition) is 8. The van der Waals surface area contributed by atoms with Crippen LogP contribution in [0.3, 0.4) is 0 Å². The lowest BCUT2D eigenvalue weighted by molar-refractivity contribution is 0.0697. The fourth-order valence-corrected chi connectivity index (χ4v) is 5.64. The minimum absolute atomic E-state index is 0.0140. The lowest BCUT2D eigenvalue weighted by atomic mass is 10.1. The third kappa shape index (κ3) is 7.06. The molecule has 206 valence electrons. The number of sulfonamides is 2. The first-order chi connectivity index (χ1) is 19.5. The predicted octanol–water partition coefficient (Wildman–Crippen LogP) is 4.20. The third-order valence-electron chi connectivity index (χ3n) is 5.68. The minimum atomic E-state index is -4.13. The second-order valence-electron chi connectivity index (χ2n) is 8.46. The zero-order valence-corrected chi connectivity index (χ0v) is 22.6. The number of anilines is 1. The van der Waals surface area contributed by atoms with Crippen molar-refractivity contribution < 1.29 is 31.5 Å². The van der Waals surface area contributed by atoms with Crippen molar-refractivity contribution in [2.24, 2.45) is 0 Å². The highest BCUT2D eigenvalue weighted by atomic mass is 32.2. The number of hydrogen-bond donors (Lipinski definition) is 3. The molecule has 0 aliphatic carbocycles. The highest BCUT2D eigenvalue weighted by Gasteiger charge is 2.20. The molecular formula is C28H20N4O7S2. The molecule has 4 aromatic carbocycles. The summed E-state index contributed by atoms with van der Waals surface area (Å²) in [5.74, 6) is -0.943. The highest BCUT2D eigenvalue weighted by molar-refractivity contribution is 7.92. The van der Waals surface area contributed by atoms with Crippen molar-refractivity contribution in [3.05, 3.63) is 113 Å². The molecule has 11 nitrogen and oxygen atoms in total. The van der Waals surface area contributed by atoms with Crippen molar-refractivity contribution in [3.8, 4) is 23.6 Å². The maximum absolute atomic E-state index is 12.7. The van der Waals surface area contributed by atoms with Gasteiger partial charge in [-0.15, -0.1) is 0 Å². The van der Waals surface area contributed by atoms with E-state index < -0.39 is 26.0 Å². The van der Waals surface area contributed by atoms with E-state index in [2.05, 4.69) is 9.44 Å². The number of ether oxygens (including phenoxy) is 1. The molecule has 0 saturated carbocycles. The molecule has 0 fully saturated rings. The van der Waals surface area contributed by atoms with E-state index in [0.29, 0.717) is 16.9 Å². The topological polar surface area (TPSA) is 186 Å². The van der Waals surface area contributed by atoms with Crippen LogP contribution in [0, 0.1) is 22.7 Å². The number of carboxylic acid groups (broad SMARTS) is 1. The van der Waals surface area contributed by atoms with Crippen LogP contribution in [0.1, 0.15) is 27.0 Å². The van der Waals surface area contributed by atoms with Crippen LogP contribution in [0.4, 0.5) is 5.69 Å². The minimum Gasteiger partial charge on any atom is -0.478 e. The summed E-state index contributed by atoms with van der Waals surface area (Å²) >= 11 is 0. The summed E-state index contributed by atoms with van der Waals surface area (Å²) in [6.07, 6.45) is 0. The molecule has 0 atom stereocenters. The molecule has 0 heterocycles. The average molecular weight is 589 g/mol. The Hall–Kier alpha value is -5.21. The molecule has 0 unspecified atom stereocenters. The Bertz CT molecular complexity index is 1890. The predicted molar refractivity (Wildman–Crippen MR) is 147 cm³/mol. The van der Waals surface area contributed by atoms with Crippen molar-refractivity contribution in [3.63, 3.8) is 0 Å². The van der Waals surface area contributed by atoms with Crippen LogP contribution in [-0.2, 0) is 26.6 Å². The van der Waals surface area contributed by atoms with Gasteiger partial charge in [-0.3, -0.25) is 4.72 Å². The summed E-state index contributed by atoms with van der Waals surface area (Å²) in [4.78, 5) is 11.7. The van der Waals surface area contributed by atoms with Gasteiger partial charge in [0.15, 0.2) is 0 Å². The van der Waals surface area contributed by atoms with Gasteiger partial charge in [0.25, 0.3) is 10.0 Å². The van der Waals surface area contributed by atoms with E-state index in [-0.39, 0.29) is 38.9 Å². The van der Waals surface area contributed by atoms with Gasteiger partial charge in [0, 0.05) is 6.54 Å². The Balaban J connectivity index is 1.44. The standard InChI is InChI=1S/C28H20N4O7S2/c29-16-19-3-10-24(11-4-19)40(35,36)31-18-21-1-7-22(8-2-21)39-23-9-14-27(26(15-23)28(33)34)32-41(37,38)25-12-5-20(17-30)6-13-25/h1-15,31-32H,18H2,(H,33,34). The fourth-order valence-electron chi connectivity index (χ4n) is 3.55. The van der Waals surface area contributed by atoms with Crippen LogP contribution in [0.5, 0.6) is 11.5 Å². The van der Waals surface area contributed by atoms with E-state index in [0.717, 1.165) is 0 Å². The molecule has 3 N–H and O–H groups in total. The lowest BCUT2D eigenvalue weighted by Gasteiger charge is -2.13. The van der Waals surface area contributed by atoms with Gasteiger partial charge >= 0.3 is 5.97 Å². The fraction of sp³-hybridized carbons (Fsp3) is 0.0357. The average Bonchev–Trinajstić information content (AvgIpc) is 2.97. The van der Waals surface area contributed by atoms with Crippen LogP contribution < -0.4 is 14.2 Å². The molecule has 0 saturated heterocycles. The zero-order valence-electron chi connectivity index (χ0n) is 21.0. The molecule has 0 aliphatic heterocycles. The number of carboxylic acids is 1. The summed E-state index contributed by atoms with van der Waals surface area (Å²) in [6, 6.07) is 24.6. The third-order valence-corrected chi connectivity index (χ3v) is 8.48. The molecule has 4 aromatic rings. The number of rotatable bonds is 10. The molecule has 0 bridgehead atoms. The Labute approximate surface area is 236 Å². The Kier molecular flexibility index (Phi) is 8.35. The number of nitriles is 2. The molecule has 0 aromatic heterocycles. The van der Waals surface area contributed by atoms with Gasteiger partial charge in [0.05, 0.1) is 44.3 Å². The molecule has 4 rings (SSSR count). The first-order valence-electron chi connectivity index (χ1n) is 11.7. The molecular weight excluding hydrogens is 568 g/mol. The van der Waals surface area contributed by atoms with E-state index >= 15 is 0 Å². The Morgan fingerprint density at radius 3 is 1.76 bits per heavy atom. The smallest absolute Gasteiger partial charge is 0.337 e. The van der Waals surface area contributed by atoms with E-state index in [9.17, 15) is 26.7 Å². The second-order valence-corrected chi connectivity index (χ2v) is 11.9. The van der Waals surface area contributed by atoms with Crippen molar-refractivity contribution in [1.29, 1.82) is 10.5 Å². The summed E-state index contributed by atoms with van der Waals surface area (Å²) < 4.78 is 60.9. The number of benzene rings is 4. The van der Waals surface area contributed by atoms with Gasteiger partial charge in [-0.1, -0.05) is 12.1 Å². The van der Waals surface area contributed by atoms with Crippen molar-refractivity contribution in [1.82, 2.24) is 4.72 Å². The van der Waals surface area contributed by atoms with Gasteiger partial charge in [-0.05, 0) is 84.4 Å². The van der Waals surface area contributed by atoms with Crippen LogP contribution in [0.2, 0.25) is 0 Å². The van der Waals surface area contributed by atoms with Gasteiger partial charge in [0.1, 0.15) is 11.5 Å². The number of nitrogens with one attached hydrogen (secondary N) is 2. The van der Waals surface area contributed by atoms with Crippen LogP contribution in [0.15, 0.2) is 101 Å². The molecule has 13 heteroatoms. The quantitative estimate of drug-likeness (QED) is 0.244. The largest absolute Gasteiger partial charge is 0.478 e. The number of carbonyl (C=O) groups is 1.